The SMILES string of the molecule is CCOC(=O)N[C@@](C)(C#N)CC. The van der Waals surface area contributed by atoms with Gasteiger partial charge in [-0.25, -0.2) is 4.79 Å². The highest BCUT2D eigenvalue weighted by Crippen LogP contribution is 2.06. The van der Waals surface area contributed by atoms with Gasteiger partial charge in [0.15, 0.2) is 0 Å². The monoisotopic (exact) mass is 170 g/mol. The maximum atomic E-state index is 10.9. The maximum absolute atomic E-state index is 10.9. The summed E-state index contributed by atoms with van der Waals surface area (Å²) < 4.78 is 4.64. The molecule has 0 unspecified atom stereocenters. The average molecular weight is 170 g/mol. The summed E-state index contributed by atoms with van der Waals surface area (Å²) in [7, 11) is 0. The first-order valence-corrected chi connectivity index (χ1v) is 3.94. The molecule has 4 heteroatoms. The number of nitrogens with zero attached hydrogens (tertiary/aromatic N) is 1. The quantitative estimate of drug-likeness (QED) is 0.696. The molecular weight excluding hydrogens is 156 g/mol. The Balaban J connectivity index is 4.05. The van der Waals surface area contributed by atoms with E-state index < -0.39 is 11.6 Å². The second kappa shape index (κ2) is 4.60. The molecule has 0 fully saturated rings. The van der Waals surface area contributed by atoms with Crippen LogP contribution in [0.15, 0.2) is 0 Å². The van der Waals surface area contributed by atoms with Crippen molar-refractivity contribution in [1.29, 1.82) is 5.26 Å². The standard InChI is InChI=1S/C8H14N2O2/c1-4-8(3,6-9)10-7(11)12-5-2/h4-5H2,1-3H3,(H,10,11)/t8-/m1/s1. The molecule has 0 saturated carbocycles. The number of hydrogen-bond acceptors (Lipinski definition) is 3. The largest absolute Gasteiger partial charge is 0.450 e. The number of rotatable bonds is 3. The molecule has 1 atom stereocenters. The molecule has 0 rings (SSSR count). The molecule has 0 radical (unpaired) electrons. The van der Waals surface area contributed by atoms with E-state index in [1.807, 2.05) is 13.0 Å². The van der Waals surface area contributed by atoms with E-state index in [1.165, 1.54) is 0 Å². The number of nitrogens with one attached hydrogen (secondary N) is 1. The summed E-state index contributed by atoms with van der Waals surface area (Å²) in [5, 5.41) is 11.2. The molecule has 1 amide bonds. The van der Waals surface area contributed by atoms with Gasteiger partial charge in [-0.3, -0.25) is 0 Å². The van der Waals surface area contributed by atoms with E-state index >= 15 is 0 Å². The van der Waals surface area contributed by atoms with Gasteiger partial charge in [-0.05, 0) is 20.3 Å². The van der Waals surface area contributed by atoms with E-state index in [4.69, 9.17) is 5.26 Å². The van der Waals surface area contributed by atoms with Crippen molar-refractivity contribution in [3.63, 3.8) is 0 Å². The zero-order valence-corrected chi connectivity index (χ0v) is 7.68. The Kier molecular flexibility index (Phi) is 4.12. The van der Waals surface area contributed by atoms with Crippen LogP contribution < -0.4 is 5.32 Å². The summed E-state index contributed by atoms with van der Waals surface area (Å²) in [5.74, 6) is 0. The van der Waals surface area contributed by atoms with E-state index in [-0.39, 0.29) is 0 Å². The van der Waals surface area contributed by atoms with Crippen LogP contribution in [-0.4, -0.2) is 18.2 Å². The summed E-state index contributed by atoms with van der Waals surface area (Å²) in [4.78, 5) is 10.9. The first-order valence-electron chi connectivity index (χ1n) is 3.94. The van der Waals surface area contributed by atoms with Crippen molar-refractivity contribution >= 4 is 6.09 Å². The molecule has 1 N–H and O–H groups in total. The molecule has 0 aromatic rings. The van der Waals surface area contributed by atoms with Crippen LogP contribution >= 0.6 is 0 Å². The van der Waals surface area contributed by atoms with E-state index in [2.05, 4.69) is 10.1 Å². The third kappa shape index (κ3) is 3.24. The lowest BCUT2D eigenvalue weighted by molar-refractivity contribution is 0.144. The molecule has 0 spiro atoms. The third-order valence-corrected chi connectivity index (χ3v) is 1.61. The highest BCUT2D eigenvalue weighted by Gasteiger charge is 2.23. The van der Waals surface area contributed by atoms with Gasteiger partial charge < -0.3 is 10.1 Å². The third-order valence-electron chi connectivity index (χ3n) is 1.61. The molecule has 0 heterocycles. The summed E-state index contributed by atoms with van der Waals surface area (Å²) >= 11 is 0. The first kappa shape index (κ1) is 10.8. The highest BCUT2D eigenvalue weighted by molar-refractivity contribution is 5.68. The lowest BCUT2D eigenvalue weighted by atomic mass is 10.0. The minimum atomic E-state index is -0.813. The van der Waals surface area contributed by atoms with Gasteiger partial charge in [0.2, 0.25) is 0 Å². The lowest BCUT2D eigenvalue weighted by Gasteiger charge is -2.20. The van der Waals surface area contributed by atoms with E-state index in [0.717, 1.165) is 0 Å². The lowest BCUT2D eigenvalue weighted by Crippen LogP contribution is -2.44. The van der Waals surface area contributed by atoms with Crippen molar-refractivity contribution in [3.05, 3.63) is 0 Å². The smallest absolute Gasteiger partial charge is 0.408 e. The Bertz CT molecular complexity index is 198. The average Bonchev–Trinajstić information content (AvgIpc) is 2.05. The fraction of sp³-hybridized carbons (Fsp3) is 0.750. The molecule has 0 aromatic heterocycles. The zero-order valence-electron chi connectivity index (χ0n) is 7.68. The molecule has 0 saturated heterocycles. The summed E-state index contributed by atoms with van der Waals surface area (Å²) in [6.45, 7) is 5.52. The summed E-state index contributed by atoms with van der Waals surface area (Å²) in [6.07, 6.45) is 0.0193. The van der Waals surface area contributed by atoms with Gasteiger partial charge in [0.05, 0.1) is 12.7 Å². The second-order valence-electron chi connectivity index (χ2n) is 2.64. The van der Waals surface area contributed by atoms with Gasteiger partial charge >= 0.3 is 6.09 Å². The fourth-order valence-corrected chi connectivity index (χ4v) is 0.588. The van der Waals surface area contributed by atoms with Crippen molar-refractivity contribution in [3.8, 4) is 6.07 Å². The molecule has 4 nitrogen and oxygen atoms in total. The first-order chi connectivity index (χ1) is 5.58. The molecule has 0 aliphatic rings. The normalized spacial score (nSPS) is 14.2. The number of carbonyl (C=O) groups excluding carboxylic acids is 1. The Hall–Kier alpha value is -1.24. The Morgan fingerprint density at radius 3 is 2.58 bits per heavy atom. The van der Waals surface area contributed by atoms with Crippen molar-refractivity contribution in [1.82, 2.24) is 5.32 Å². The van der Waals surface area contributed by atoms with Gasteiger partial charge in [0.25, 0.3) is 0 Å². The van der Waals surface area contributed by atoms with Crippen LogP contribution in [-0.2, 0) is 4.74 Å². The summed E-state index contributed by atoms with van der Waals surface area (Å²) in [6, 6.07) is 2.01. The van der Waals surface area contributed by atoms with Crippen LogP contribution in [0.4, 0.5) is 4.79 Å². The molecular formula is C8H14N2O2. The number of ether oxygens (including phenoxy) is 1. The van der Waals surface area contributed by atoms with E-state index in [0.29, 0.717) is 13.0 Å². The van der Waals surface area contributed by atoms with Crippen LogP contribution in [0.1, 0.15) is 27.2 Å². The molecule has 0 aromatic carbocycles. The zero-order chi connectivity index (χ0) is 9.61. The number of alkyl carbamates (subject to hydrolysis) is 1. The van der Waals surface area contributed by atoms with Crippen LogP contribution in [0.2, 0.25) is 0 Å². The van der Waals surface area contributed by atoms with Crippen molar-refractivity contribution in [2.24, 2.45) is 0 Å². The van der Waals surface area contributed by atoms with Gasteiger partial charge in [0, 0.05) is 0 Å². The number of carbonyl (C=O) groups is 1. The fourth-order valence-electron chi connectivity index (χ4n) is 0.588. The van der Waals surface area contributed by atoms with Crippen LogP contribution in [0.3, 0.4) is 0 Å². The molecule has 0 bridgehead atoms. The van der Waals surface area contributed by atoms with Gasteiger partial charge in [-0.1, -0.05) is 6.92 Å². The van der Waals surface area contributed by atoms with Gasteiger partial charge in [0.1, 0.15) is 5.54 Å². The Morgan fingerprint density at radius 1 is 1.67 bits per heavy atom. The van der Waals surface area contributed by atoms with Crippen LogP contribution in [0, 0.1) is 11.3 Å². The Morgan fingerprint density at radius 2 is 2.25 bits per heavy atom. The predicted octanol–water partition coefficient (Wildman–Crippen LogP) is 1.42. The van der Waals surface area contributed by atoms with Crippen LogP contribution in [0.5, 0.6) is 0 Å². The van der Waals surface area contributed by atoms with E-state index in [9.17, 15) is 4.79 Å². The molecule has 0 aliphatic carbocycles. The Labute approximate surface area is 72.5 Å². The number of amides is 1. The molecule has 68 valence electrons. The van der Waals surface area contributed by atoms with Crippen molar-refractivity contribution in [2.75, 3.05) is 6.61 Å². The molecule has 0 aliphatic heterocycles. The maximum Gasteiger partial charge on any atom is 0.408 e. The minimum absolute atomic E-state index is 0.317. The summed E-state index contributed by atoms with van der Waals surface area (Å²) in [5.41, 5.74) is -0.813. The van der Waals surface area contributed by atoms with Crippen molar-refractivity contribution < 1.29 is 9.53 Å². The van der Waals surface area contributed by atoms with E-state index in [1.54, 1.807) is 13.8 Å². The second-order valence-corrected chi connectivity index (χ2v) is 2.64. The van der Waals surface area contributed by atoms with Gasteiger partial charge in [-0.15, -0.1) is 0 Å². The highest BCUT2D eigenvalue weighted by atomic mass is 16.5. The van der Waals surface area contributed by atoms with Crippen LogP contribution in [0.25, 0.3) is 0 Å². The number of nitriles is 1. The topological polar surface area (TPSA) is 62.1 Å². The minimum Gasteiger partial charge on any atom is -0.450 e. The molecule has 12 heavy (non-hydrogen) atoms. The van der Waals surface area contributed by atoms with Gasteiger partial charge in [-0.2, -0.15) is 5.26 Å². The van der Waals surface area contributed by atoms with Crippen molar-refractivity contribution in [2.45, 2.75) is 32.7 Å². The number of hydrogen-bond donors (Lipinski definition) is 1. The predicted molar refractivity (Wildman–Crippen MR) is 44.5 cm³/mol.